The molecule has 0 saturated heterocycles. The SMILES string of the molecule is CCN(C(=O)CCNC(=O)c1cccs1)C(C)c1ccc(C#N)cc1. The minimum absolute atomic E-state index is 0.00848. The average molecular weight is 355 g/mol. The lowest BCUT2D eigenvalue weighted by Crippen LogP contribution is -2.36. The highest BCUT2D eigenvalue weighted by atomic mass is 32.1. The molecular formula is C19H21N3O2S. The number of hydrogen-bond acceptors (Lipinski definition) is 4. The van der Waals surface area contributed by atoms with Gasteiger partial charge in [0.15, 0.2) is 0 Å². The van der Waals surface area contributed by atoms with Crippen molar-refractivity contribution in [3.05, 3.63) is 57.8 Å². The van der Waals surface area contributed by atoms with Crippen molar-refractivity contribution in [3.8, 4) is 6.07 Å². The molecule has 2 amide bonds. The van der Waals surface area contributed by atoms with Crippen LogP contribution in [0.2, 0.25) is 0 Å². The number of amides is 2. The first-order chi connectivity index (χ1) is 12.1. The molecule has 0 spiro atoms. The first kappa shape index (κ1) is 18.7. The highest BCUT2D eigenvalue weighted by Gasteiger charge is 2.20. The Bertz CT molecular complexity index is 748. The van der Waals surface area contributed by atoms with Gasteiger partial charge in [0.1, 0.15) is 0 Å². The normalized spacial score (nSPS) is 11.4. The molecule has 1 aromatic heterocycles. The molecule has 0 saturated carbocycles. The van der Waals surface area contributed by atoms with Gasteiger partial charge in [0, 0.05) is 19.5 Å². The van der Waals surface area contributed by atoms with Crippen molar-refractivity contribution in [2.75, 3.05) is 13.1 Å². The number of carbonyl (C=O) groups is 2. The van der Waals surface area contributed by atoms with Crippen molar-refractivity contribution in [1.82, 2.24) is 10.2 Å². The molecule has 1 N–H and O–H groups in total. The van der Waals surface area contributed by atoms with Crippen LogP contribution in [0.4, 0.5) is 0 Å². The van der Waals surface area contributed by atoms with Gasteiger partial charge in [-0.05, 0) is 43.0 Å². The molecule has 0 aliphatic heterocycles. The maximum atomic E-state index is 12.5. The lowest BCUT2D eigenvalue weighted by atomic mass is 10.0. The molecular weight excluding hydrogens is 334 g/mol. The Morgan fingerprint density at radius 2 is 2.00 bits per heavy atom. The Hall–Kier alpha value is -2.65. The molecule has 0 aliphatic rings. The second kappa shape index (κ2) is 9.00. The van der Waals surface area contributed by atoms with Crippen LogP contribution in [-0.2, 0) is 4.79 Å². The van der Waals surface area contributed by atoms with Crippen molar-refractivity contribution in [1.29, 1.82) is 5.26 Å². The Kier molecular flexibility index (Phi) is 6.72. The fraction of sp³-hybridized carbons (Fsp3) is 0.316. The number of nitriles is 1. The Morgan fingerprint density at radius 3 is 2.56 bits per heavy atom. The third-order valence-electron chi connectivity index (χ3n) is 4.02. The van der Waals surface area contributed by atoms with E-state index in [4.69, 9.17) is 5.26 Å². The highest BCUT2D eigenvalue weighted by molar-refractivity contribution is 7.12. The summed E-state index contributed by atoms with van der Waals surface area (Å²) in [5.41, 5.74) is 1.58. The van der Waals surface area contributed by atoms with E-state index in [9.17, 15) is 9.59 Å². The van der Waals surface area contributed by atoms with E-state index in [1.54, 1.807) is 23.1 Å². The van der Waals surface area contributed by atoms with Crippen LogP contribution in [0.1, 0.15) is 47.1 Å². The molecule has 2 aromatic rings. The Labute approximate surface area is 151 Å². The van der Waals surface area contributed by atoms with Gasteiger partial charge < -0.3 is 10.2 Å². The standard InChI is InChI=1S/C19H21N3O2S/c1-3-22(14(2)16-8-6-15(13-20)7-9-16)18(23)10-11-21-19(24)17-5-4-12-25-17/h4-9,12,14H,3,10-11H2,1-2H3,(H,21,24). The third-order valence-corrected chi connectivity index (χ3v) is 4.89. The van der Waals surface area contributed by atoms with E-state index >= 15 is 0 Å². The largest absolute Gasteiger partial charge is 0.351 e. The topological polar surface area (TPSA) is 73.2 Å². The number of nitrogens with zero attached hydrogens (tertiary/aromatic N) is 2. The van der Waals surface area contributed by atoms with Gasteiger partial charge >= 0.3 is 0 Å². The zero-order chi connectivity index (χ0) is 18.2. The van der Waals surface area contributed by atoms with Gasteiger partial charge in [-0.15, -0.1) is 11.3 Å². The number of thiophene rings is 1. The third kappa shape index (κ3) is 4.91. The van der Waals surface area contributed by atoms with Gasteiger partial charge in [0.25, 0.3) is 5.91 Å². The van der Waals surface area contributed by atoms with Crippen LogP contribution in [0, 0.1) is 11.3 Å². The number of hydrogen-bond donors (Lipinski definition) is 1. The quantitative estimate of drug-likeness (QED) is 0.828. The fourth-order valence-electron chi connectivity index (χ4n) is 2.60. The lowest BCUT2D eigenvalue weighted by molar-refractivity contribution is -0.133. The number of nitrogens with one attached hydrogen (secondary N) is 1. The maximum absolute atomic E-state index is 12.5. The van der Waals surface area contributed by atoms with Crippen LogP contribution < -0.4 is 5.32 Å². The summed E-state index contributed by atoms with van der Waals surface area (Å²) in [6, 6.07) is 12.8. The van der Waals surface area contributed by atoms with Crippen LogP contribution in [0.3, 0.4) is 0 Å². The zero-order valence-corrected chi connectivity index (χ0v) is 15.2. The number of rotatable bonds is 7. The molecule has 1 unspecified atom stereocenters. The smallest absolute Gasteiger partial charge is 0.261 e. The second-order valence-corrected chi connectivity index (χ2v) is 6.52. The lowest BCUT2D eigenvalue weighted by Gasteiger charge is -2.28. The van der Waals surface area contributed by atoms with Gasteiger partial charge in [0.2, 0.25) is 5.91 Å². The van der Waals surface area contributed by atoms with Crippen LogP contribution in [-0.4, -0.2) is 29.8 Å². The molecule has 5 nitrogen and oxygen atoms in total. The van der Waals surface area contributed by atoms with E-state index in [0.29, 0.717) is 23.5 Å². The Balaban J connectivity index is 1.91. The molecule has 0 bridgehead atoms. The molecule has 1 aromatic carbocycles. The molecule has 1 heterocycles. The summed E-state index contributed by atoms with van der Waals surface area (Å²) >= 11 is 1.38. The monoisotopic (exact) mass is 355 g/mol. The van der Waals surface area contributed by atoms with E-state index in [1.165, 1.54) is 11.3 Å². The minimum Gasteiger partial charge on any atom is -0.351 e. The molecule has 1 atom stereocenters. The first-order valence-corrected chi connectivity index (χ1v) is 9.06. The molecule has 25 heavy (non-hydrogen) atoms. The zero-order valence-electron chi connectivity index (χ0n) is 14.4. The summed E-state index contributed by atoms with van der Waals surface area (Å²) < 4.78 is 0. The molecule has 0 aliphatic carbocycles. The number of carbonyl (C=O) groups excluding carboxylic acids is 2. The molecule has 6 heteroatoms. The van der Waals surface area contributed by atoms with Gasteiger partial charge in [-0.2, -0.15) is 5.26 Å². The van der Waals surface area contributed by atoms with Gasteiger partial charge in [0.05, 0.1) is 22.6 Å². The molecule has 0 radical (unpaired) electrons. The van der Waals surface area contributed by atoms with Gasteiger partial charge in [-0.25, -0.2) is 0 Å². The van der Waals surface area contributed by atoms with Gasteiger partial charge in [-0.3, -0.25) is 9.59 Å². The molecule has 130 valence electrons. The van der Waals surface area contributed by atoms with Crippen molar-refractivity contribution in [2.24, 2.45) is 0 Å². The van der Waals surface area contributed by atoms with Crippen molar-refractivity contribution < 1.29 is 9.59 Å². The van der Waals surface area contributed by atoms with Crippen LogP contribution in [0.15, 0.2) is 41.8 Å². The predicted octanol–water partition coefficient (Wildman–Crippen LogP) is 3.35. The summed E-state index contributed by atoms with van der Waals surface area (Å²) in [5.74, 6) is -0.156. The number of benzene rings is 1. The maximum Gasteiger partial charge on any atom is 0.261 e. The highest BCUT2D eigenvalue weighted by Crippen LogP contribution is 2.21. The minimum atomic E-state index is -0.147. The summed E-state index contributed by atoms with van der Waals surface area (Å²) in [6.07, 6.45) is 0.256. The summed E-state index contributed by atoms with van der Waals surface area (Å²) in [6.45, 7) is 4.79. The van der Waals surface area contributed by atoms with E-state index in [1.807, 2.05) is 37.4 Å². The van der Waals surface area contributed by atoms with Crippen molar-refractivity contribution in [2.45, 2.75) is 26.3 Å². The van der Waals surface area contributed by atoms with Crippen LogP contribution in [0.25, 0.3) is 0 Å². The summed E-state index contributed by atoms with van der Waals surface area (Å²) in [7, 11) is 0. The van der Waals surface area contributed by atoms with E-state index < -0.39 is 0 Å². The fourth-order valence-corrected chi connectivity index (χ4v) is 3.24. The Morgan fingerprint density at radius 1 is 1.28 bits per heavy atom. The predicted molar refractivity (Wildman–Crippen MR) is 98.2 cm³/mol. The van der Waals surface area contributed by atoms with Crippen LogP contribution >= 0.6 is 11.3 Å². The average Bonchev–Trinajstić information content (AvgIpc) is 3.17. The van der Waals surface area contributed by atoms with Crippen LogP contribution in [0.5, 0.6) is 0 Å². The van der Waals surface area contributed by atoms with Crippen molar-refractivity contribution in [3.63, 3.8) is 0 Å². The first-order valence-electron chi connectivity index (χ1n) is 8.18. The van der Waals surface area contributed by atoms with E-state index in [0.717, 1.165) is 5.56 Å². The van der Waals surface area contributed by atoms with Crippen molar-refractivity contribution >= 4 is 23.2 Å². The second-order valence-electron chi connectivity index (χ2n) is 5.57. The summed E-state index contributed by atoms with van der Waals surface area (Å²) in [4.78, 5) is 26.8. The summed E-state index contributed by atoms with van der Waals surface area (Å²) in [5, 5.41) is 13.5. The molecule has 2 rings (SSSR count). The molecule has 0 fully saturated rings. The van der Waals surface area contributed by atoms with Gasteiger partial charge in [-0.1, -0.05) is 18.2 Å². The van der Waals surface area contributed by atoms with E-state index in [-0.39, 0.29) is 24.3 Å². The van der Waals surface area contributed by atoms with E-state index in [2.05, 4.69) is 11.4 Å².